The zero-order chi connectivity index (χ0) is 18.7. The molecule has 1 unspecified atom stereocenters. The van der Waals surface area contributed by atoms with Crippen LogP contribution in [0.3, 0.4) is 0 Å². The van der Waals surface area contributed by atoms with E-state index in [9.17, 15) is 18.0 Å². The van der Waals surface area contributed by atoms with Gasteiger partial charge >= 0.3 is 6.18 Å². The maximum Gasteiger partial charge on any atom is 0.416 e. The predicted molar refractivity (Wildman–Crippen MR) is 93.0 cm³/mol. The highest BCUT2D eigenvalue weighted by Gasteiger charge is 2.30. The first-order valence-corrected chi connectivity index (χ1v) is 9.36. The van der Waals surface area contributed by atoms with Gasteiger partial charge in [0.15, 0.2) is 0 Å². The Morgan fingerprint density at radius 2 is 2.19 bits per heavy atom. The minimum absolute atomic E-state index is 0.0405. The molecule has 0 aliphatic carbocycles. The lowest BCUT2D eigenvalue weighted by atomic mass is 9.91. The van der Waals surface area contributed by atoms with Crippen LogP contribution in [0.25, 0.3) is 0 Å². The molecule has 1 aromatic carbocycles. The molecule has 26 heavy (non-hydrogen) atoms. The van der Waals surface area contributed by atoms with E-state index < -0.39 is 11.7 Å². The minimum atomic E-state index is -4.31. The summed E-state index contributed by atoms with van der Waals surface area (Å²) in [5.41, 5.74) is 0.723. The van der Waals surface area contributed by atoms with Crippen LogP contribution in [0.4, 0.5) is 13.2 Å². The molecule has 1 amide bonds. The summed E-state index contributed by atoms with van der Waals surface area (Å²) >= 11 is 1.11. The molecule has 0 spiro atoms. The van der Waals surface area contributed by atoms with Crippen molar-refractivity contribution >= 4 is 17.4 Å². The fourth-order valence-corrected chi connectivity index (χ4v) is 3.96. The van der Waals surface area contributed by atoms with E-state index in [1.807, 2.05) is 4.90 Å². The van der Waals surface area contributed by atoms with E-state index in [0.717, 1.165) is 36.9 Å². The SMILES string of the molecule is Cc1nnsc1C(=O)N1CCCC(CCc2cccc(C(F)(F)F)c2)C1. The topological polar surface area (TPSA) is 46.1 Å². The third kappa shape index (κ3) is 4.41. The van der Waals surface area contributed by atoms with Crippen molar-refractivity contribution in [2.75, 3.05) is 13.1 Å². The van der Waals surface area contributed by atoms with Gasteiger partial charge in [-0.05, 0) is 61.7 Å². The third-order valence-electron chi connectivity index (χ3n) is 4.75. The lowest BCUT2D eigenvalue weighted by molar-refractivity contribution is -0.137. The van der Waals surface area contributed by atoms with Crippen molar-refractivity contribution in [3.63, 3.8) is 0 Å². The van der Waals surface area contributed by atoms with E-state index >= 15 is 0 Å². The lowest BCUT2D eigenvalue weighted by Crippen LogP contribution is -2.40. The first-order valence-electron chi connectivity index (χ1n) is 8.59. The lowest BCUT2D eigenvalue weighted by Gasteiger charge is -2.32. The third-order valence-corrected chi connectivity index (χ3v) is 5.56. The van der Waals surface area contributed by atoms with Gasteiger partial charge in [0.1, 0.15) is 4.88 Å². The fourth-order valence-electron chi connectivity index (χ4n) is 3.33. The quantitative estimate of drug-likeness (QED) is 0.789. The number of benzene rings is 1. The van der Waals surface area contributed by atoms with Crippen LogP contribution in [-0.2, 0) is 12.6 Å². The van der Waals surface area contributed by atoms with Crippen molar-refractivity contribution in [2.24, 2.45) is 5.92 Å². The maximum absolute atomic E-state index is 12.8. The van der Waals surface area contributed by atoms with Gasteiger partial charge in [-0.3, -0.25) is 4.79 Å². The van der Waals surface area contributed by atoms with Crippen molar-refractivity contribution in [1.82, 2.24) is 14.5 Å². The van der Waals surface area contributed by atoms with E-state index in [1.54, 1.807) is 13.0 Å². The number of likely N-dealkylation sites (tertiary alicyclic amines) is 1. The number of hydrogen-bond donors (Lipinski definition) is 0. The molecule has 8 heteroatoms. The van der Waals surface area contributed by atoms with Crippen LogP contribution >= 0.6 is 11.5 Å². The molecule has 2 heterocycles. The van der Waals surface area contributed by atoms with Gasteiger partial charge in [-0.15, -0.1) is 5.10 Å². The van der Waals surface area contributed by atoms with Crippen molar-refractivity contribution in [3.8, 4) is 0 Å². The highest BCUT2D eigenvalue weighted by atomic mass is 32.1. The molecule has 0 radical (unpaired) electrons. The average molecular weight is 383 g/mol. The number of rotatable bonds is 4. The van der Waals surface area contributed by atoms with Crippen molar-refractivity contribution < 1.29 is 18.0 Å². The zero-order valence-corrected chi connectivity index (χ0v) is 15.2. The Morgan fingerprint density at radius 1 is 1.38 bits per heavy atom. The number of carbonyl (C=O) groups excluding carboxylic acids is 1. The van der Waals surface area contributed by atoms with Crippen LogP contribution in [0.15, 0.2) is 24.3 Å². The molecule has 140 valence electrons. The number of aromatic nitrogens is 2. The minimum Gasteiger partial charge on any atom is -0.338 e. The fraction of sp³-hybridized carbons (Fsp3) is 0.500. The normalized spacial score (nSPS) is 18.2. The Labute approximate surface area is 154 Å². The second kappa shape index (κ2) is 7.73. The summed E-state index contributed by atoms with van der Waals surface area (Å²) < 4.78 is 42.3. The summed E-state index contributed by atoms with van der Waals surface area (Å²) in [7, 11) is 0. The molecular weight excluding hydrogens is 363 g/mol. The first-order chi connectivity index (χ1) is 12.3. The Kier molecular flexibility index (Phi) is 5.60. The monoisotopic (exact) mass is 383 g/mol. The molecule has 3 rings (SSSR count). The van der Waals surface area contributed by atoms with Gasteiger partial charge in [-0.25, -0.2) is 0 Å². The maximum atomic E-state index is 12.8. The molecule has 0 bridgehead atoms. The highest BCUT2D eigenvalue weighted by molar-refractivity contribution is 7.07. The molecule has 2 aromatic rings. The van der Waals surface area contributed by atoms with Crippen LogP contribution in [0, 0.1) is 12.8 Å². The van der Waals surface area contributed by atoms with Crippen molar-refractivity contribution in [2.45, 2.75) is 38.8 Å². The highest BCUT2D eigenvalue weighted by Crippen LogP contribution is 2.30. The Bertz CT molecular complexity index is 775. The summed E-state index contributed by atoms with van der Waals surface area (Å²) in [6.45, 7) is 3.11. The van der Waals surface area contributed by atoms with E-state index in [0.29, 0.717) is 41.6 Å². The molecule has 4 nitrogen and oxygen atoms in total. The van der Waals surface area contributed by atoms with Crippen LogP contribution in [-0.4, -0.2) is 33.5 Å². The number of halogens is 3. The number of piperidine rings is 1. The van der Waals surface area contributed by atoms with Crippen LogP contribution < -0.4 is 0 Å². The number of amides is 1. The molecule has 1 aromatic heterocycles. The molecule has 0 N–H and O–H groups in total. The summed E-state index contributed by atoms with van der Waals surface area (Å²) in [6.07, 6.45) is -1.07. The molecular formula is C18H20F3N3OS. The summed E-state index contributed by atoms with van der Waals surface area (Å²) in [4.78, 5) is 15.0. The van der Waals surface area contributed by atoms with Crippen molar-refractivity contribution in [1.29, 1.82) is 0 Å². The standard InChI is InChI=1S/C18H20F3N3OS/c1-12-16(26-23-22-12)17(25)24-9-3-5-14(11-24)8-7-13-4-2-6-15(10-13)18(19,20)21/h2,4,6,10,14H,3,5,7-9,11H2,1H3. The molecule has 0 saturated carbocycles. The molecule has 1 atom stereocenters. The van der Waals surface area contributed by atoms with Gasteiger partial charge in [-0.2, -0.15) is 13.2 Å². The van der Waals surface area contributed by atoms with E-state index in [1.165, 1.54) is 12.1 Å². The van der Waals surface area contributed by atoms with Gasteiger partial charge in [0.05, 0.1) is 11.3 Å². The van der Waals surface area contributed by atoms with Gasteiger partial charge in [0.2, 0.25) is 0 Å². The van der Waals surface area contributed by atoms with E-state index in [2.05, 4.69) is 9.59 Å². The van der Waals surface area contributed by atoms with E-state index in [4.69, 9.17) is 0 Å². The van der Waals surface area contributed by atoms with Crippen LogP contribution in [0.2, 0.25) is 0 Å². The number of hydrogen-bond acceptors (Lipinski definition) is 4. The first kappa shape index (κ1) is 18.8. The van der Waals surface area contributed by atoms with E-state index in [-0.39, 0.29) is 5.91 Å². The van der Waals surface area contributed by atoms with Gasteiger partial charge in [0, 0.05) is 13.1 Å². The van der Waals surface area contributed by atoms with Gasteiger partial charge < -0.3 is 4.90 Å². The summed E-state index contributed by atoms with van der Waals surface area (Å²) in [5.74, 6) is 0.254. The molecule has 1 saturated heterocycles. The summed E-state index contributed by atoms with van der Waals surface area (Å²) in [5, 5.41) is 3.88. The predicted octanol–water partition coefficient (Wildman–Crippen LogP) is 4.35. The van der Waals surface area contributed by atoms with Gasteiger partial charge in [-0.1, -0.05) is 22.7 Å². The second-order valence-electron chi connectivity index (χ2n) is 6.68. The number of aryl methyl sites for hydroxylation is 2. The molecule has 1 fully saturated rings. The smallest absolute Gasteiger partial charge is 0.338 e. The average Bonchev–Trinajstić information content (AvgIpc) is 3.05. The second-order valence-corrected chi connectivity index (χ2v) is 7.44. The number of carbonyl (C=O) groups is 1. The Balaban J connectivity index is 1.59. The summed E-state index contributed by atoms with van der Waals surface area (Å²) in [6, 6.07) is 5.50. The van der Waals surface area contributed by atoms with Crippen LogP contribution in [0.1, 0.15) is 45.8 Å². The van der Waals surface area contributed by atoms with Crippen LogP contribution in [0.5, 0.6) is 0 Å². The Hall–Kier alpha value is -1.96. The Morgan fingerprint density at radius 3 is 2.88 bits per heavy atom. The largest absolute Gasteiger partial charge is 0.416 e. The molecule has 1 aliphatic rings. The zero-order valence-electron chi connectivity index (χ0n) is 14.4. The number of alkyl halides is 3. The molecule has 1 aliphatic heterocycles. The van der Waals surface area contributed by atoms with Gasteiger partial charge in [0.25, 0.3) is 5.91 Å². The number of nitrogens with zero attached hydrogens (tertiary/aromatic N) is 3. The van der Waals surface area contributed by atoms with Crippen molar-refractivity contribution in [3.05, 3.63) is 46.0 Å².